The van der Waals surface area contributed by atoms with Crippen molar-refractivity contribution in [2.75, 3.05) is 24.6 Å². The number of β-amino-alcohol motifs (C(OH)–C–C–N with tert-alkyl or cyclic N) is 1. The second-order valence-corrected chi connectivity index (χ2v) is 5.58. The summed E-state index contributed by atoms with van der Waals surface area (Å²) >= 11 is 0. The van der Waals surface area contributed by atoms with E-state index in [0.29, 0.717) is 49.1 Å². The number of benzene rings is 1. The quantitative estimate of drug-likeness (QED) is 0.863. The van der Waals surface area contributed by atoms with Gasteiger partial charge in [0.2, 0.25) is 5.95 Å². The molecular weight excluding hydrogens is 310 g/mol. The Labute approximate surface area is 139 Å². The van der Waals surface area contributed by atoms with Gasteiger partial charge in [-0.25, -0.2) is 14.8 Å². The van der Waals surface area contributed by atoms with E-state index < -0.39 is 5.97 Å². The molecule has 2 aromatic rings. The van der Waals surface area contributed by atoms with E-state index in [1.165, 1.54) is 0 Å². The van der Waals surface area contributed by atoms with Gasteiger partial charge >= 0.3 is 5.97 Å². The molecule has 7 nitrogen and oxygen atoms in total. The highest BCUT2D eigenvalue weighted by Gasteiger charge is 2.22. The van der Waals surface area contributed by atoms with Crippen LogP contribution in [0.3, 0.4) is 0 Å². The minimum Gasteiger partial charge on any atom is -0.493 e. The molecule has 0 amide bonds. The van der Waals surface area contributed by atoms with Gasteiger partial charge in [-0.2, -0.15) is 0 Å². The zero-order valence-electron chi connectivity index (χ0n) is 13.3. The maximum absolute atomic E-state index is 11.4. The molecular formula is C17H19N3O4. The number of nitrogens with zero attached hydrogens (tertiary/aromatic N) is 3. The maximum Gasteiger partial charge on any atom is 0.339 e. The topological polar surface area (TPSA) is 95.8 Å². The molecule has 0 aliphatic carbocycles. The van der Waals surface area contributed by atoms with Gasteiger partial charge in [-0.05, 0) is 37.6 Å². The smallest absolute Gasteiger partial charge is 0.339 e. The number of hydrogen-bond donors (Lipinski definition) is 2. The molecule has 0 spiro atoms. The molecule has 1 unspecified atom stereocenters. The number of carboxylic acids is 1. The largest absolute Gasteiger partial charge is 0.493 e. The number of aliphatic hydroxyl groups excluding tert-OH is 1. The van der Waals surface area contributed by atoms with Crippen LogP contribution in [0.2, 0.25) is 0 Å². The number of anilines is 1. The van der Waals surface area contributed by atoms with Gasteiger partial charge < -0.3 is 19.8 Å². The standard InChI is InChI=1S/C17H19N3O4/c1-2-24-15-4-3-11(9-13(15)16(22)23)14-5-7-18-17(19-14)20-8-6-12(21)10-20/h3-5,7,9,12,21H,2,6,8,10H2,1H3,(H,22,23). The molecule has 2 heterocycles. The molecule has 0 bridgehead atoms. The Balaban J connectivity index is 1.94. The van der Waals surface area contributed by atoms with Crippen molar-refractivity contribution in [3.05, 3.63) is 36.0 Å². The lowest BCUT2D eigenvalue weighted by Gasteiger charge is -2.16. The van der Waals surface area contributed by atoms with Crippen molar-refractivity contribution in [1.29, 1.82) is 0 Å². The third-order valence-corrected chi connectivity index (χ3v) is 3.89. The van der Waals surface area contributed by atoms with E-state index in [4.69, 9.17) is 4.74 Å². The molecule has 0 saturated carbocycles. The zero-order valence-corrected chi connectivity index (χ0v) is 13.3. The van der Waals surface area contributed by atoms with Crippen molar-refractivity contribution in [2.24, 2.45) is 0 Å². The number of aromatic nitrogens is 2. The van der Waals surface area contributed by atoms with Crippen LogP contribution < -0.4 is 9.64 Å². The van der Waals surface area contributed by atoms with Gasteiger partial charge in [-0.3, -0.25) is 0 Å². The molecule has 1 aliphatic heterocycles. The molecule has 24 heavy (non-hydrogen) atoms. The van der Waals surface area contributed by atoms with Crippen molar-refractivity contribution in [3.8, 4) is 17.0 Å². The van der Waals surface area contributed by atoms with Crippen molar-refractivity contribution < 1.29 is 19.7 Å². The lowest BCUT2D eigenvalue weighted by molar-refractivity contribution is 0.0692. The molecule has 1 aliphatic rings. The van der Waals surface area contributed by atoms with Gasteiger partial charge in [-0.15, -0.1) is 0 Å². The summed E-state index contributed by atoms with van der Waals surface area (Å²) < 4.78 is 5.36. The predicted octanol–water partition coefficient (Wildman–Crippen LogP) is 1.81. The summed E-state index contributed by atoms with van der Waals surface area (Å²) in [7, 11) is 0. The Kier molecular flexibility index (Phi) is 4.61. The van der Waals surface area contributed by atoms with Crippen molar-refractivity contribution in [3.63, 3.8) is 0 Å². The van der Waals surface area contributed by atoms with Crippen LogP contribution in [0.1, 0.15) is 23.7 Å². The number of ether oxygens (including phenoxy) is 1. The highest BCUT2D eigenvalue weighted by Crippen LogP contribution is 2.27. The first-order valence-electron chi connectivity index (χ1n) is 7.85. The lowest BCUT2D eigenvalue weighted by atomic mass is 10.1. The van der Waals surface area contributed by atoms with Crippen molar-refractivity contribution in [2.45, 2.75) is 19.4 Å². The van der Waals surface area contributed by atoms with Crippen LogP contribution in [0.5, 0.6) is 5.75 Å². The van der Waals surface area contributed by atoms with E-state index in [0.717, 1.165) is 0 Å². The minimum atomic E-state index is -1.04. The van der Waals surface area contributed by atoms with Crippen LogP contribution in [0, 0.1) is 0 Å². The number of carbonyl (C=O) groups is 1. The second-order valence-electron chi connectivity index (χ2n) is 5.58. The summed E-state index contributed by atoms with van der Waals surface area (Å²) in [5.74, 6) is -0.169. The first-order chi connectivity index (χ1) is 11.6. The average Bonchev–Trinajstić information content (AvgIpc) is 3.02. The Hall–Kier alpha value is -2.67. The van der Waals surface area contributed by atoms with Crippen LogP contribution in [-0.4, -0.2) is 52.0 Å². The summed E-state index contributed by atoms with van der Waals surface area (Å²) in [5, 5.41) is 19.0. The lowest BCUT2D eigenvalue weighted by Crippen LogP contribution is -2.23. The first kappa shape index (κ1) is 16.2. The Bertz CT molecular complexity index is 750. The van der Waals surface area contributed by atoms with Crippen LogP contribution in [-0.2, 0) is 0 Å². The molecule has 1 atom stereocenters. The number of carboxylic acid groups (broad SMARTS) is 1. The Morgan fingerprint density at radius 3 is 2.92 bits per heavy atom. The normalized spacial score (nSPS) is 17.1. The van der Waals surface area contributed by atoms with Gasteiger partial charge in [0, 0.05) is 24.8 Å². The van der Waals surface area contributed by atoms with Gasteiger partial charge in [0.25, 0.3) is 0 Å². The third-order valence-electron chi connectivity index (χ3n) is 3.89. The van der Waals surface area contributed by atoms with E-state index in [1.807, 2.05) is 4.90 Å². The molecule has 3 rings (SSSR count). The van der Waals surface area contributed by atoms with E-state index >= 15 is 0 Å². The molecule has 1 fully saturated rings. The zero-order chi connectivity index (χ0) is 17.1. The fourth-order valence-electron chi connectivity index (χ4n) is 2.72. The van der Waals surface area contributed by atoms with Gasteiger partial charge in [0.05, 0.1) is 18.4 Å². The van der Waals surface area contributed by atoms with Gasteiger partial charge in [0.15, 0.2) is 0 Å². The van der Waals surface area contributed by atoms with E-state index in [9.17, 15) is 15.0 Å². The molecule has 1 saturated heterocycles. The van der Waals surface area contributed by atoms with E-state index in [2.05, 4.69) is 9.97 Å². The highest BCUT2D eigenvalue weighted by molar-refractivity contribution is 5.92. The summed E-state index contributed by atoms with van der Waals surface area (Å²) in [6.45, 7) is 3.41. The first-order valence-corrected chi connectivity index (χ1v) is 7.85. The van der Waals surface area contributed by atoms with Crippen LogP contribution in [0.15, 0.2) is 30.5 Å². The average molecular weight is 329 g/mol. The predicted molar refractivity (Wildman–Crippen MR) is 88.4 cm³/mol. The second kappa shape index (κ2) is 6.84. The van der Waals surface area contributed by atoms with Crippen molar-refractivity contribution >= 4 is 11.9 Å². The molecule has 2 N–H and O–H groups in total. The molecule has 7 heteroatoms. The fraction of sp³-hybridized carbons (Fsp3) is 0.353. The minimum absolute atomic E-state index is 0.103. The number of aliphatic hydroxyl groups is 1. The summed E-state index contributed by atoms with van der Waals surface area (Å²) in [6.07, 6.45) is 1.97. The van der Waals surface area contributed by atoms with Crippen LogP contribution >= 0.6 is 0 Å². The fourth-order valence-corrected chi connectivity index (χ4v) is 2.72. The van der Waals surface area contributed by atoms with Crippen LogP contribution in [0.4, 0.5) is 5.95 Å². The van der Waals surface area contributed by atoms with Gasteiger partial charge in [-0.1, -0.05) is 0 Å². The van der Waals surface area contributed by atoms with E-state index in [-0.39, 0.29) is 11.7 Å². The van der Waals surface area contributed by atoms with Crippen molar-refractivity contribution in [1.82, 2.24) is 9.97 Å². The summed E-state index contributed by atoms with van der Waals surface area (Å²) in [4.78, 5) is 22.1. The molecule has 1 aromatic carbocycles. The SMILES string of the molecule is CCOc1ccc(-c2ccnc(N3CCC(O)C3)n2)cc1C(=O)O. The molecule has 0 radical (unpaired) electrons. The molecule has 1 aromatic heterocycles. The number of aromatic carboxylic acids is 1. The number of rotatable bonds is 5. The summed E-state index contributed by atoms with van der Waals surface area (Å²) in [5.41, 5.74) is 1.41. The third kappa shape index (κ3) is 3.30. The summed E-state index contributed by atoms with van der Waals surface area (Å²) in [6, 6.07) is 6.71. The highest BCUT2D eigenvalue weighted by atomic mass is 16.5. The Morgan fingerprint density at radius 1 is 1.42 bits per heavy atom. The van der Waals surface area contributed by atoms with E-state index in [1.54, 1.807) is 37.4 Å². The monoisotopic (exact) mass is 329 g/mol. The Morgan fingerprint density at radius 2 is 2.25 bits per heavy atom. The van der Waals surface area contributed by atoms with Gasteiger partial charge in [0.1, 0.15) is 11.3 Å². The number of hydrogen-bond acceptors (Lipinski definition) is 6. The maximum atomic E-state index is 11.4. The molecule has 126 valence electrons. The van der Waals surface area contributed by atoms with Crippen LogP contribution in [0.25, 0.3) is 11.3 Å².